The molecule has 4 heterocycles. The zero-order valence-corrected chi connectivity index (χ0v) is 32.7. The number of fused-ring (bicyclic) bond motifs is 3. The van der Waals surface area contributed by atoms with Crippen molar-refractivity contribution in [3.05, 3.63) is 209 Å². The van der Waals surface area contributed by atoms with Crippen LogP contribution in [0, 0.1) is 30.9 Å². The van der Waals surface area contributed by atoms with Crippen LogP contribution in [-0.2, 0) is 58.3 Å². The summed E-state index contributed by atoms with van der Waals surface area (Å²) in [5, 5.41) is 0.700. The summed E-state index contributed by atoms with van der Waals surface area (Å²) in [4.78, 5) is 13.1. The van der Waals surface area contributed by atoms with Crippen molar-refractivity contribution in [3.63, 3.8) is 0 Å². The molecule has 0 unspecified atom stereocenters. The molecule has 58 heavy (non-hydrogen) atoms. The minimum absolute atomic E-state index is 0. The third kappa shape index (κ3) is 8.60. The second-order valence-corrected chi connectivity index (χ2v) is 12.9. The number of hydrogen-bond donors (Lipinski definition) is 0. The Labute approximate surface area is 373 Å². The molecule has 0 bridgehead atoms. The Bertz CT molecular complexity index is 3340. The van der Waals surface area contributed by atoms with Crippen molar-refractivity contribution in [2.75, 3.05) is 0 Å². The Kier molecular flexibility index (Phi) is 7.48. The third-order valence-corrected chi connectivity index (χ3v) is 9.04. The van der Waals surface area contributed by atoms with E-state index in [4.69, 9.17) is 8.53 Å². The Morgan fingerprint density at radius 2 is 1.03 bits per heavy atom. The van der Waals surface area contributed by atoms with Gasteiger partial charge in [-0.3, -0.25) is 0 Å². The summed E-state index contributed by atoms with van der Waals surface area (Å²) in [6.07, 6.45) is -15.1. The Hall–Kier alpha value is -6.07. The molecular weight excluding hydrogens is 894 g/mol. The topological polar surface area (TPSA) is 51.8 Å². The molecule has 0 saturated heterocycles. The van der Waals surface area contributed by atoms with Crippen molar-refractivity contribution in [2.45, 2.75) is 45.1 Å². The van der Waals surface area contributed by atoms with Crippen LogP contribution in [0.5, 0.6) is 0 Å². The van der Waals surface area contributed by atoms with E-state index >= 15 is 4.39 Å². The molecule has 6 heteroatoms. The van der Waals surface area contributed by atoms with Crippen LogP contribution in [0.3, 0.4) is 0 Å². The maximum absolute atomic E-state index is 15.5. The Balaban J connectivity index is 0.00000711. The molecule has 284 valence electrons. The molecule has 0 saturated carbocycles. The quantitative estimate of drug-likeness (QED) is 0.115. The van der Waals surface area contributed by atoms with Crippen molar-refractivity contribution in [2.24, 2.45) is 0 Å². The number of pyridine rings is 3. The number of nitrogens with zero attached hydrogens (tertiary/aromatic N) is 3. The van der Waals surface area contributed by atoms with Crippen LogP contribution in [0.4, 0.5) is 4.39 Å². The number of benzene rings is 5. The molecule has 0 N–H and O–H groups in total. The standard InChI is InChI=1S/C52H39FN3O.Ir/c1-35-15-25-45-44-13-8-14-46(51(44)57-52(45)50(35)53)49-28-24-38(34-56-49)18-21-41-30-39(19-16-36-22-26-47(54-32-36)42-9-4-2-5-10-42)29-40(31-41)20-17-37-23-27-48(55-33-37)43-11-6-3-7-12-43;/h2-9,11,13,15,22-34H,16-21H2,1H3;/q-3;+3/i1D3,16D2,17D2,18D2,19D2,20D2,21D2;. The average Bonchev–Trinajstić information content (AvgIpc) is 3.76. The summed E-state index contributed by atoms with van der Waals surface area (Å²) in [6, 6.07) is 39.6. The van der Waals surface area contributed by atoms with Gasteiger partial charge in [-0.2, -0.15) is 0 Å². The van der Waals surface area contributed by atoms with E-state index < -0.39 is 73.2 Å². The van der Waals surface area contributed by atoms with Gasteiger partial charge in [0.05, 0.1) is 5.58 Å². The molecule has 0 amide bonds. The normalized spacial score (nSPS) is 16.7. The van der Waals surface area contributed by atoms with Crippen LogP contribution >= 0.6 is 0 Å². The molecule has 9 rings (SSSR count). The van der Waals surface area contributed by atoms with Gasteiger partial charge in [0.15, 0.2) is 11.4 Å². The van der Waals surface area contributed by atoms with Gasteiger partial charge in [0.25, 0.3) is 0 Å². The first-order valence-electron chi connectivity index (χ1n) is 25.3. The van der Waals surface area contributed by atoms with Crippen molar-refractivity contribution < 1.29 is 49.5 Å². The zero-order chi connectivity index (χ0) is 51.8. The number of aryl methyl sites for hydroxylation is 7. The van der Waals surface area contributed by atoms with Crippen LogP contribution in [0.25, 0.3) is 55.7 Å². The van der Waals surface area contributed by atoms with Gasteiger partial charge in [-0.25, -0.2) is 4.39 Å². The van der Waals surface area contributed by atoms with Crippen molar-refractivity contribution in [1.82, 2.24) is 15.0 Å². The van der Waals surface area contributed by atoms with Crippen LogP contribution in [0.15, 0.2) is 150 Å². The number of furan rings is 1. The summed E-state index contributed by atoms with van der Waals surface area (Å²) in [5.74, 6) is -1.06. The average molecular weight is 948 g/mol. The molecule has 4 nitrogen and oxygen atoms in total. The number of hydrogen-bond acceptors (Lipinski definition) is 4. The summed E-state index contributed by atoms with van der Waals surface area (Å²) >= 11 is 0. The van der Waals surface area contributed by atoms with Gasteiger partial charge in [-0.1, -0.05) is 77.7 Å². The van der Waals surface area contributed by atoms with Gasteiger partial charge in [0.1, 0.15) is 0 Å². The SMILES string of the molecule is [2H]C([2H])([2H])c1ccc2c(oc3c(-c4ccc(C([2H])([2H])C([2H])([2H])c5cc(C([2H])([2H])C([2H])([2H])c6ccc(-c7[c-]cccc7)nc6)cc(C([2H])([2H])C([2H])([2H])c6ccc(-c7[c-]cccc7)nc6)c5)cn4)[c-]ccc32)c1F.[Ir+3]. The second kappa shape index (κ2) is 17.6. The predicted octanol–water partition coefficient (Wildman–Crippen LogP) is 12.0. The summed E-state index contributed by atoms with van der Waals surface area (Å²) < 4.78 is 156. The predicted molar refractivity (Wildman–Crippen MR) is 226 cm³/mol. The van der Waals surface area contributed by atoms with E-state index in [0.29, 0.717) is 27.9 Å². The Morgan fingerprint density at radius 3 is 1.50 bits per heavy atom. The van der Waals surface area contributed by atoms with E-state index in [2.05, 4.69) is 33.2 Å². The van der Waals surface area contributed by atoms with Gasteiger partial charge in [0, 0.05) is 44.5 Å². The Morgan fingerprint density at radius 1 is 0.534 bits per heavy atom. The maximum atomic E-state index is 15.5. The van der Waals surface area contributed by atoms with E-state index in [1.165, 1.54) is 48.5 Å². The first-order chi connectivity index (χ1) is 33.8. The summed E-state index contributed by atoms with van der Waals surface area (Å²) in [5.41, 5.74) is -1.07. The molecule has 4 aromatic heterocycles. The fourth-order valence-electron chi connectivity index (χ4n) is 6.21. The first-order valence-corrected chi connectivity index (χ1v) is 17.8. The minimum atomic E-state index is -3.19. The van der Waals surface area contributed by atoms with E-state index in [9.17, 15) is 16.4 Å². The van der Waals surface area contributed by atoms with E-state index in [-0.39, 0.29) is 64.6 Å². The van der Waals surface area contributed by atoms with Gasteiger partial charge < -0.3 is 19.4 Å². The van der Waals surface area contributed by atoms with Crippen LogP contribution in [0.1, 0.15) is 59.5 Å². The number of rotatable bonds is 12. The van der Waals surface area contributed by atoms with Gasteiger partial charge in [-0.05, 0) is 101 Å². The molecule has 0 spiro atoms. The number of halogens is 1. The van der Waals surface area contributed by atoms with Crippen LogP contribution in [-0.4, -0.2) is 15.0 Å². The molecule has 0 radical (unpaired) electrons. The van der Waals surface area contributed by atoms with Crippen molar-refractivity contribution in [1.29, 1.82) is 0 Å². The zero-order valence-electron chi connectivity index (χ0n) is 45.3. The minimum Gasteiger partial charge on any atom is -0.498 e. The van der Waals surface area contributed by atoms with E-state index in [0.717, 1.165) is 42.9 Å². The van der Waals surface area contributed by atoms with Gasteiger partial charge >= 0.3 is 20.1 Å². The van der Waals surface area contributed by atoms with Gasteiger partial charge in [0.2, 0.25) is 0 Å². The third-order valence-electron chi connectivity index (χ3n) is 9.04. The van der Waals surface area contributed by atoms with Crippen molar-refractivity contribution in [3.8, 4) is 33.8 Å². The number of aromatic nitrogens is 3. The first kappa shape index (κ1) is 24.6. The summed E-state index contributed by atoms with van der Waals surface area (Å²) in [6.45, 7) is -2.76. The monoisotopic (exact) mass is 948 g/mol. The smallest absolute Gasteiger partial charge is 0.498 e. The molecule has 0 fully saturated rings. The van der Waals surface area contributed by atoms with Crippen LogP contribution < -0.4 is 0 Å². The largest absolute Gasteiger partial charge is 3.00 e. The summed E-state index contributed by atoms with van der Waals surface area (Å²) in [7, 11) is 0. The molecule has 9 aromatic rings. The van der Waals surface area contributed by atoms with Crippen molar-refractivity contribution >= 4 is 21.9 Å². The molecule has 5 aromatic carbocycles. The molecule has 0 aliphatic carbocycles. The maximum Gasteiger partial charge on any atom is 3.00 e. The second-order valence-electron chi connectivity index (χ2n) is 12.9. The fraction of sp³-hybridized carbons (Fsp3) is 0.135. The molecule has 0 atom stereocenters. The molecule has 0 aliphatic heterocycles. The van der Waals surface area contributed by atoms with E-state index in [1.54, 1.807) is 54.6 Å². The van der Waals surface area contributed by atoms with Crippen LogP contribution in [0.2, 0.25) is 0 Å². The fourth-order valence-corrected chi connectivity index (χ4v) is 6.21. The van der Waals surface area contributed by atoms with E-state index in [1.807, 2.05) is 0 Å². The molecule has 0 aliphatic rings. The molecular formula is C52H39FIrN3O. The van der Waals surface area contributed by atoms with Gasteiger partial charge in [-0.15, -0.1) is 90.0 Å².